The van der Waals surface area contributed by atoms with Gasteiger partial charge in [0.1, 0.15) is 18.2 Å². The lowest BCUT2D eigenvalue weighted by molar-refractivity contribution is -0.122. The summed E-state index contributed by atoms with van der Waals surface area (Å²) in [6.45, 7) is 0.715. The Hall–Kier alpha value is -1.69. The number of pyridine rings is 1. The minimum atomic E-state index is -0.505. The number of aromatic nitrogens is 1. The predicted octanol–water partition coefficient (Wildman–Crippen LogP) is 0.134. The van der Waals surface area contributed by atoms with E-state index in [0.29, 0.717) is 19.0 Å². The molecule has 82 valence electrons. The van der Waals surface area contributed by atoms with Crippen LogP contribution in [0.4, 0.5) is 10.2 Å². The van der Waals surface area contributed by atoms with E-state index < -0.39 is 5.91 Å². The molecule has 1 aromatic heterocycles. The van der Waals surface area contributed by atoms with E-state index in [1.807, 2.05) is 0 Å². The number of hydrogen-bond donors (Lipinski definition) is 2. The molecular weight excluding hydrogens is 201 g/mol. The van der Waals surface area contributed by atoms with Crippen LogP contribution >= 0.6 is 0 Å². The minimum absolute atomic E-state index is 0.0987. The van der Waals surface area contributed by atoms with Crippen molar-refractivity contribution in [3.63, 3.8) is 0 Å². The van der Waals surface area contributed by atoms with Crippen LogP contribution in [0, 0.1) is 5.82 Å². The summed E-state index contributed by atoms with van der Waals surface area (Å²) >= 11 is 0. The van der Waals surface area contributed by atoms with Gasteiger partial charge in [-0.15, -0.1) is 0 Å². The van der Waals surface area contributed by atoms with Gasteiger partial charge in [0.05, 0.1) is 12.8 Å². The van der Waals surface area contributed by atoms with Gasteiger partial charge in [-0.05, 0) is 12.1 Å². The van der Waals surface area contributed by atoms with Gasteiger partial charge in [-0.1, -0.05) is 0 Å². The van der Waals surface area contributed by atoms with E-state index in [2.05, 4.69) is 10.3 Å². The Balaban J connectivity index is 2.15. The maximum Gasteiger partial charge on any atom is 0.243 e. The van der Waals surface area contributed by atoms with Gasteiger partial charge in [0.25, 0.3) is 0 Å². The zero-order valence-electron chi connectivity index (χ0n) is 8.07. The Bertz CT molecular complexity index is 316. The number of carbonyl (C=O) groups is 1. The average molecular weight is 213 g/mol. The van der Waals surface area contributed by atoms with Crippen LogP contribution in [0.1, 0.15) is 0 Å². The minimum Gasteiger partial charge on any atom is -0.370 e. The molecule has 5 nitrogen and oxygen atoms in total. The molecule has 0 radical (unpaired) electrons. The molecule has 0 saturated heterocycles. The highest BCUT2D eigenvalue weighted by atomic mass is 19.1. The zero-order chi connectivity index (χ0) is 11.1. The number of anilines is 1. The third-order valence-electron chi connectivity index (χ3n) is 1.52. The van der Waals surface area contributed by atoms with Gasteiger partial charge in [0.15, 0.2) is 0 Å². The van der Waals surface area contributed by atoms with Gasteiger partial charge >= 0.3 is 0 Å². The summed E-state index contributed by atoms with van der Waals surface area (Å²) in [5.41, 5.74) is 4.86. The molecule has 0 atom stereocenters. The van der Waals surface area contributed by atoms with Gasteiger partial charge in [-0.25, -0.2) is 9.37 Å². The molecule has 15 heavy (non-hydrogen) atoms. The topological polar surface area (TPSA) is 77.2 Å². The van der Waals surface area contributed by atoms with Crippen LogP contribution in [0.2, 0.25) is 0 Å². The van der Waals surface area contributed by atoms with Crippen LogP contribution in [0.15, 0.2) is 18.3 Å². The highest BCUT2D eigenvalue weighted by molar-refractivity contribution is 5.74. The molecule has 0 aliphatic carbocycles. The number of primary amides is 1. The predicted molar refractivity (Wildman–Crippen MR) is 52.7 cm³/mol. The number of rotatable bonds is 6. The molecule has 1 heterocycles. The number of nitrogens with two attached hydrogens (primary N) is 1. The standard InChI is InChI=1S/C9H12FN3O2/c10-7-1-2-9(13-5-7)12-3-4-15-6-8(11)14/h1-2,5H,3-4,6H2,(H2,11,14)(H,12,13). The third kappa shape index (κ3) is 4.92. The van der Waals surface area contributed by atoms with Gasteiger partial charge in [0.2, 0.25) is 5.91 Å². The number of ether oxygens (including phenoxy) is 1. The smallest absolute Gasteiger partial charge is 0.243 e. The molecule has 0 saturated carbocycles. The number of amides is 1. The van der Waals surface area contributed by atoms with Crippen molar-refractivity contribution in [1.82, 2.24) is 4.98 Å². The fourth-order valence-electron chi connectivity index (χ4n) is 0.904. The number of nitrogens with zero attached hydrogens (tertiary/aromatic N) is 1. The Morgan fingerprint density at radius 2 is 2.40 bits per heavy atom. The van der Waals surface area contributed by atoms with Crippen molar-refractivity contribution < 1.29 is 13.9 Å². The van der Waals surface area contributed by atoms with Crippen LogP contribution < -0.4 is 11.1 Å². The Kier molecular flexibility index (Phi) is 4.49. The number of carbonyl (C=O) groups excluding carboxylic acids is 1. The van der Waals surface area contributed by atoms with Crippen molar-refractivity contribution in [2.24, 2.45) is 5.73 Å². The van der Waals surface area contributed by atoms with Gasteiger partial charge in [-0.2, -0.15) is 0 Å². The molecular formula is C9H12FN3O2. The summed E-state index contributed by atoms with van der Waals surface area (Å²) in [7, 11) is 0. The molecule has 1 rings (SSSR count). The first-order chi connectivity index (χ1) is 7.18. The first kappa shape index (κ1) is 11.4. The van der Waals surface area contributed by atoms with Crippen molar-refractivity contribution in [1.29, 1.82) is 0 Å². The summed E-state index contributed by atoms with van der Waals surface area (Å²) in [5.74, 6) is -0.334. The van der Waals surface area contributed by atoms with E-state index in [1.54, 1.807) is 0 Å². The van der Waals surface area contributed by atoms with Crippen LogP contribution in [0.3, 0.4) is 0 Å². The summed E-state index contributed by atoms with van der Waals surface area (Å²) < 4.78 is 17.4. The van der Waals surface area contributed by atoms with Crippen molar-refractivity contribution in [2.45, 2.75) is 0 Å². The molecule has 1 aromatic rings. The van der Waals surface area contributed by atoms with E-state index in [4.69, 9.17) is 10.5 Å². The average Bonchev–Trinajstić information content (AvgIpc) is 2.20. The summed E-state index contributed by atoms with van der Waals surface area (Å²) in [6, 6.07) is 2.82. The van der Waals surface area contributed by atoms with Crippen molar-refractivity contribution in [3.05, 3.63) is 24.1 Å². The number of hydrogen-bond acceptors (Lipinski definition) is 4. The molecule has 0 aliphatic rings. The molecule has 0 aromatic carbocycles. The molecule has 0 aliphatic heterocycles. The maximum atomic E-state index is 12.5. The molecule has 0 unspecified atom stereocenters. The van der Waals surface area contributed by atoms with E-state index in [-0.39, 0.29) is 12.4 Å². The number of halogens is 1. The molecule has 1 amide bonds. The lowest BCUT2D eigenvalue weighted by Gasteiger charge is -2.04. The highest BCUT2D eigenvalue weighted by Crippen LogP contribution is 2.02. The SMILES string of the molecule is NC(=O)COCCNc1ccc(F)cn1. The molecule has 0 bridgehead atoms. The second kappa shape index (κ2) is 5.92. The zero-order valence-corrected chi connectivity index (χ0v) is 8.07. The van der Waals surface area contributed by atoms with Gasteiger partial charge in [-0.3, -0.25) is 4.79 Å². The number of nitrogens with one attached hydrogen (secondary N) is 1. The van der Waals surface area contributed by atoms with Crippen molar-refractivity contribution in [2.75, 3.05) is 25.1 Å². The summed E-state index contributed by atoms with van der Waals surface area (Å²) in [4.78, 5) is 14.1. The Labute approximate surface area is 86.4 Å². The quantitative estimate of drug-likeness (QED) is 0.659. The Morgan fingerprint density at radius 1 is 1.60 bits per heavy atom. The summed E-state index contributed by atoms with van der Waals surface area (Å²) in [6.07, 6.45) is 1.12. The summed E-state index contributed by atoms with van der Waals surface area (Å²) in [5, 5.41) is 2.89. The molecule has 0 spiro atoms. The molecule has 0 fully saturated rings. The molecule has 6 heteroatoms. The van der Waals surface area contributed by atoms with Gasteiger partial charge < -0.3 is 15.8 Å². The largest absolute Gasteiger partial charge is 0.370 e. The van der Waals surface area contributed by atoms with Crippen LogP contribution in [0.25, 0.3) is 0 Å². The van der Waals surface area contributed by atoms with Crippen LogP contribution in [-0.2, 0) is 9.53 Å². The fraction of sp³-hybridized carbons (Fsp3) is 0.333. The van der Waals surface area contributed by atoms with E-state index in [0.717, 1.165) is 6.20 Å². The van der Waals surface area contributed by atoms with E-state index in [1.165, 1.54) is 12.1 Å². The fourth-order valence-corrected chi connectivity index (χ4v) is 0.904. The normalized spacial score (nSPS) is 9.93. The second-order valence-corrected chi connectivity index (χ2v) is 2.81. The first-order valence-corrected chi connectivity index (χ1v) is 4.40. The third-order valence-corrected chi connectivity index (χ3v) is 1.52. The maximum absolute atomic E-state index is 12.5. The first-order valence-electron chi connectivity index (χ1n) is 4.40. The van der Waals surface area contributed by atoms with Crippen LogP contribution in [-0.4, -0.2) is 30.6 Å². The van der Waals surface area contributed by atoms with Crippen molar-refractivity contribution in [3.8, 4) is 0 Å². The second-order valence-electron chi connectivity index (χ2n) is 2.81. The molecule has 3 N–H and O–H groups in total. The highest BCUT2D eigenvalue weighted by Gasteiger charge is 1.95. The lowest BCUT2D eigenvalue weighted by Crippen LogP contribution is -2.20. The van der Waals surface area contributed by atoms with E-state index in [9.17, 15) is 9.18 Å². The van der Waals surface area contributed by atoms with Crippen LogP contribution in [0.5, 0.6) is 0 Å². The Morgan fingerprint density at radius 3 is 3.00 bits per heavy atom. The van der Waals surface area contributed by atoms with E-state index >= 15 is 0 Å². The van der Waals surface area contributed by atoms with Gasteiger partial charge in [0, 0.05) is 6.54 Å². The lowest BCUT2D eigenvalue weighted by atomic mass is 10.4. The van der Waals surface area contributed by atoms with Crippen molar-refractivity contribution >= 4 is 11.7 Å². The monoisotopic (exact) mass is 213 g/mol.